The fourth-order valence-electron chi connectivity index (χ4n) is 3.61. The van der Waals surface area contributed by atoms with Crippen LogP contribution in [-0.4, -0.2) is 29.9 Å². The topological polar surface area (TPSA) is 59.5 Å². The van der Waals surface area contributed by atoms with Gasteiger partial charge >= 0.3 is 0 Å². The van der Waals surface area contributed by atoms with Crippen molar-refractivity contribution in [3.63, 3.8) is 0 Å². The molecule has 2 N–H and O–H groups in total. The lowest BCUT2D eigenvalue weighted by atomic mass is 9.95. The van der Waals surface area contributed by atoms with E-state index in [0.29, 0.717) is 18.8 Å². The van der Waals surface area contributed by atoms with Crippen LogP contribution in [0, 0.1) is 13.8 Å². The number of hydrogen-bond acceptors (Lipinski definition) is 3. The van der Waals surface area contributed by atoms with Gasteiger partial charge in [0.1, 0.15) is 5.58 Å². The Morgan fingerprint density at radius 3 is 2.50 bits per heavy atom. The molecule has 136 valence electrons. The zero-order chi connectivity index (χ0) is 17.6. The second-order valence-corrected chi connectivity index (χ2v) is 6.98. The maximum Gasteiger partial charge on any atom is 0.289 e. The number of nitrogens with zero attached hydrogens (tertiary/aromatic N) is 1. The molecule has 0 saturated carbocycles. The summed E-state index contributed by atoms with van der Waals surface area (Å²) in [7, 11) is 0. The van der Waals surface area contributed by atoms with Gasteiger partial charge in [0.2, 0.25) is 0 Å². The molecule has 4 rings (SSSR count). The third kappa shape index (κ3) is 3.22. The molecule has 0 spiro atoms. The molecule has 4 nitrogen and oxygen atoms in total. The molecule has 5 heteroatoms. The van der Waals surface area contributed by atoms with Crippen molar-refractivity contribution in [2.45, 2.75) is 25.8 Å². The summed E-state index contributed by atoms with van der Waals surface area (Å²) in [6.45, 7) is 5.28. The highest BCUT2D eigenvalue weighted by Crippen LogP contribution is 2.29. The van der Waals surface area contributed by atoms with Crippen LogP contribution >= 0.6 is 12.4 Å². The standard InChI is InChI=1S/C21H22N2O2.ClH/c1-13-8-16-10-20(25-19(16)9-14(13)2)21(24)23-11-17(18(22)12-23)15-6-4-3-5-7-15;/h3-10,17-18H,11-12,22H2,1-2H3;1H/t17-,18+;/m0./s1. The number of nitrogens with two attached hydrogens (primary N) is 1. The zero-order valence-corrected chi connectivity index (χ0v) is 15.8. The number of halogens is 1. The minimum absolute atomic E-state index is 0. The average Bonchev–Trinajstić information content (AvgIpc) is 3.19. The molecule has 26 heavy (non-hydrogen) atoms. The summed E-state index contributed by atoms with van der Waals surface area (Å²) in [5.74, 6) is 0.473. The lowest BCUT2D eigenvalue weighted by Gasteiger charge is -2.15. The molecule has 1 saturated heterocycles. The summed E-state index contributed by atoms with van der Waals surface area (Å²) in [4.78, 5) is 14.7. The van der Waals surface area contributed by atoms with Gasteiger partial charge in [0.15, 0.2) is 5.76 Å². The van der Waals surface area contributed by atoms with E-state index in [1.54, 1.807) is 4.90 Å². The maximum absolute atomic E-state index is 12.9. The largest absolute Gasteiger partial charge is 0.451 e. The number of fused-ring (bicyclic) bond motifs is 1. The van der Waals surface area contributed by atoms with Crippen molar-refractivity contribution in [1.82, 2.24) is 4.90 Å². The van der Waals surface area contributed by atoms with Gasteiger partial charge in [0.05, 0.1) is 0 Å². The van der Waals surface area contributed by atoms with Crippen LogP contribution in [0.1, 0.15) is 33.2 Å². The highest BCUT2D eigenvalue weighted by atomic mass is 35.5. The highest BCUT2D eigenvalue weighted by Gasteiger charge is 2.35. The zero-order valence-electron chi connectivity index (χ0n) is 14.9. The summed E-state index contributed by atoms with van der Waals surface area (Å²) < 4.78 is 5.82. The van der Waals surface area contributed by atoms with Gasteiger partial charge in [0.25, 0.3) is 5.91 Å². The number of carbonyl (C=O) groups excluding carboxylic acids is 1. The SMILES string of the molecule is Cc1cc2cc(C(=O)N3C[C@@H](N)[C@H](c4ccccc4)C3)oc2cc1C.Cl. The van der Waals surface area contributed by atoms with E-state index in [0.717, 1.165) is 16.5 Å². The number of aryl methyl sites for hydroxylation is 2. The van der Waals surface area contributed by atoms with E-state index >= 15 is 0 Å². The Kier molecular flexibility index (Phi) is 5.08. The Morgan fingerprint density at radius 1 is 1.08 bits per heavy atom. The smallest absolute Gasteiger partial charge is 0.289 e. The summed E-state index contributed by atoms with van der Waals surface area (Å²) in [5.41, 5.74) is 10.6. The van der Waals surface area contributed by atoms with Crippen molar-refractivity contribution < 1.29 is 9.21 Å². The number of amides is 1. The molecule has 0 unspecified atom stereocenters. The minimum atomic E-state index is -0.0830. The first-order valence-electron chi connectivity index (χ1n) is 8.63. The third-order valence-corrected chi connectivity index (χ3v) is 5.22. The van der Waals surface area contributed by atoms with E-state index in [1.807, 2.05) is 37.3 Å². The van der Waals surface area contributed by atoms with Gasteiger partial charge in [-0.05, 0) is 48.7 Å². The van der Waals surface area contributed by atoms with Crippen LogP contribution in [0.25, 0.3) is 11.0 Å². The first-order chi connectivity index (χ1) is 12.0. The first kappa shape index (κ1) is 18.5. The van der Waals surface area contributed by atoms with Gasteiger partial charge in [-0.25, -0.2) is 0 Å². The predicted octanol–water partition coefficient (Wildman–Crippen LogP) is 4.04. The summed E-state index contributed by atoms with van der Waals surface area (Å²) >= 11 is 0. The lowest BCUT2D eigenvalue weighted by molar-refractivity contribution is 0.0760. The monoisotopic (exact) mass is 370 g/mol. The summed E-state index contributed by atoms with van der Waals surface area (Å²) in [6, 6.07) is 16.0. The van der Waals surface area contributed by atoms with E-state index in [4.69, 9.17) is 10.2 Å². The molecule has 2 heterocycles. The fraction of sp³-hybridized carbons (Fsp3) is 0.286. The molecular formula is C21H23ClN2O2. The second-order valence-electron chi connectivity index (χ2n) is 6.98. The molecule has 1 amide bonds. The van der Waals surface area contributed by atoms with Crippen molar-refractivity contribution >= 4 is 29.3 Å². The first-order valence-corrected chi connectivity index (χ1v) is 8.63. The molecule has 0 bridgehead atoms. The Labute approximate surface area is 159 Å². The molecular weight excluding hydrogens is 348 g/mol. The molecule has 2 aromatic carbocycles. The highest BCUT2D eigenvalue weighted by molar-refractivity contribution is 5.96. The quantitative estimate of drug-likeness (QED) is 0.740. The lowest BCUT2D eigenvalue weighted by Crippen LogP contribution is -2.32. The van der Waals surface area contributed by atoms with E-state index in [2.05, 4.69) is 25.1 Å². The molecule has 0 aliphatic carbocycles. The van der Waals surface area contributed by atoms with Crippen LogP contribution in [0.3, 0.4) is 0 Å². The van der Waals surface area contributed by atoms with Crippen molar-refractivity contribution in [2.24, 2.45) is 5.73 Å². The Balaban J connectivity index is 0.00000196. The molecule has 2 atom stereocenters. The van der Waals surface area contributed by atoms with E-state index in [9.17, 15) is 4.79 Å². The van der Waals surface area contributed by atoms with Gasteiger partial charge in [-0.3, -0.25) is 4.79 Å². The maximum atomic E-state index is 12.9. The van der Waals surface area contributed by atoms with Crippen LogP contribution in [0.4, 0.5) is 0 Å². The third-order valence-electron chi connectivity index (χ3n) is 5.22. The Bertz CT molecular complexity index is 897. The van der Waals surface area contributed by atoms with Crippen molar-refractivity contribution in [1.29, 1.82) is 0 Å². The molecule has 0 radical (unpaired) electrons. The van der Waals surface area contributed by atoms with Gasteiger partial charge in [-0.15, -0.1) is 12.4 Å². The summed E-state index contributed by atoms with van der Waals surface area (Å²) in [6.07, 6.45) is 0. The average molecular weight is 371 g/mol. The van der Waals surface area contributed by atoms with Crippen LogP contribution in [0.15, 0.2) is 52.9 Å². The summed E-state index contributed by atoms with van der Waals surface area (Å²) in [5, 5.41) is 0.967. The van der Waals surface area contributed by atoms with Crippen molar-refractivity contribution in [3.8, 4) is 0 Å². The number of benzene rings is 2. The number of rotatable bonds is 2. The van der Waals surface area contributed by atoms with Crippen molar-refractivity contribution in [2.75, 3.05) is 13.1 Å². The Morgan fingerprint density at radius 2 is 1.77 bits per heavy atom. The second kappa shape index (κ2) is 7.14. The van der Waals surface area contributed by atoms with Gasteiger partial charge < -0.3 is 15.1 Å². The number of carbonyl (C=O) groups is 1. The molecule has 1 fully saturated rings. The molecule has 1 aliphatic heterocycles. The number of likely N-dealkylation sites (tertiary alicyclic amines) is 1. The van der Waals surface area contributed by atoms with Crippen LogP contribution in [-0.2, 0) is 0 Å². The molecule has 1 aliphatic rings. The van der Waals surface area contributed by atoms with E-state index < -0.39 is 0 Å². The Hall–Kier alpha value is -2.30. The molecule has 1 aromatic heterocycles. The van der Waals surface area contributed by atoms with Gasteiger partial charge in [0, 0.05) is 30.4 Å². The van der Waals surface area contributed by atoms with E-state index in [1.165, 1.54) is 11.1 Å². The van der Waals surface area contributed by atoms with E-state index in [-0.39, 0.29) is 30.3 Å². The van der Waals surface area contributed by atoms with Crippen LogP contribution in [0.2, 0.25) is 0 Å². The van der Waals surface area contributed by atoms with Crippen LogP contribution < -0.4 is 5.73 Å². The number of hydrogen-bond donors (Lipinski definition) is 1. The molecule has 3 aromatic rings. The normalized spacial score (nSPS) is 19.6. The van der Waals surface area contributed by atoms with Crippen molar-refractivity contribution in [3.05, 3.63) is 71.0 Å². The van der Waals surface area contributed by atoms with Crippen LogP contribution in [0.5, 0.6) is 0 Å². The van der Waals surface area contributed by atoms with Gasteiger partial charge in [-0.2, -0.15) is 0 Å². The van der Waals surface area contributed by atoms with Gasteiger partial charge in [-0.1, -0.05) is 30.3 Å². The fourth-order valence-corrected chi connectivity index (χ4v) is 3.61. The predicted molar refractivity (Wildman–Crippen MR) is 106 cm³/mol. The number of furan rings is 1. The minimum Gasteiger partial charge on any atom is -0.451 e.